The fraction of sp³-hybridized carbons (Fsp3) is 0.917. The number of carbonyl (C=O) groups is 1. The zero-order valence-electron chi connectivity index (χ0n) is 10.4. The molecule has 2 aliphatic rings. The Hall–Kier alpha value is -0.320. The van der Waals surface area contributed by atoms with Gasteiger partial charge in [0.25, 0.3) is 0 Å². The zero-order valence-corrected chi connectivity index (χ0v) is 11.2. The third-order valence-electron chi connectivity index (χ3n) is 3.72. The summed E-state index contributed by atoms with van der Waals surface area (Å²) in [5.41, 5.74) is 5.83. The van der Waals surface area contributed by atoms with E-state index in [1.165, 1.54) is 12.8 Å². The summed E-state index contributed by atoms with van der Waals surface area (Å²) >= 11 is 0. The van der Waals surface area contributed by atoms with Crippen LogP contribution in [0.3, 0.4) is 0 Å². The highest BCUT2D eigenvalue weighted by Crippen LogP contribution is 2.17. The molecule has 0 spiro atoms. The maximum absolute atomic E-state index is 11.8. The molecule has 1 saturated carbocycles. The molecule has 5 heteroatoms. The highest BCUT2D eigenvalue weighted by Gasteiger charge is 2.21. The van der Waals surface area contributed by atoms with Crippen molar-refractivity contribution in [3.8, 4) is 0 Å². The van der Waals surface area contributed by atoms with E-state index in [-0.39, 0.29) is 18.3 Å². The lowest BCUT2D eigenvalue weighted by atomic mass is 10.1. The Morgan fingerprint density at radius 3 is 2.35 bits per heavy atom. The van der Waals surface area contributed by atoms with E-state index in [0.29, 0.717) is 18.6 Å². The van der Waals surface area contributed by atoms with Crippen molar-refractivity contribution in [2.24, 2.45) is 5.73 Å². The van der Waals surface area contributed by atoms with E-state index in [1.807, 2.05) is 0 Å². The van der Waals surface area contributed by atoms with Crippen LogP contribution in [-0.2, 0) is 4.79 Å². The second kappa shape index (κ2) is 7.19. The first-order valence-corrected chi connectivity index (χ1v) is 6.51. The van der Waals surface area contributed by atoms with Crippen LogP contribution in [0.1, 0.15) is 38.5 Å². The third-order valence-corrected chi connectivity index (χ3v) is 3.72. The lowest BCUT2D eigenvalue weighted by Crippen LogP contribution is -2.46. The highest BCUT2D eigenvalue weighted by molar-refractivity contribution is 5.85. The molecule has 4 nitrogen and oxygen atoms in total. The summed E-state index contributed by atoms with van der Waals surface area (Å²) < 4.78 is 0. The van der Waals surface area contributed by atoms with Gasteiger partial charge in [-0.1, -0.05) is 12.8 Å². The fourth-order valence-electron chi connectivity index (χ4n) is 2.66. The first kappa shape index (κ1) is 14.7. The molecular formula is C12H24ClN3O. The van der Waals surface area contributed by atoms with Crippen molar-refractivity contribution >= 4 is 18.3 Å². The lowest BCUT2D eigenvalue weighted by molar-refractivity contribution is -0.123. The van der Waals surface area contributed by atoms with Crippen molar-refractivity contribution in [3.05, 3.63) is 0 Å². The van der Waals surface area contributed by atoms with Crippen molar-refractivity contribution in [3.63, 3.8) is 0 Å². The minimum absolute atomic E-state index is 0. The molecule has 3 N–H and O–H groups in total. The predicted molar refractivity (Wildman–Crippen MR) is 71.3 cm³/mol. The smallest absolute Gasteiger partial charge is 0.234 e. The SMILES string of the molecule is Cl.NC1CCN(CC(=O)NC2CCCC2)CC1. The zero-order chi connectivity index (χ0) is 11.4. The number of likely N-dealkylation sites (tertiary alicyclic amines) is 1. The van der Waals surface area contributed by atoms with Crippen molar-refractivity contribution < 1.29 is 4.79 Å². The lowest BCUT2D eigenvalue weighted by Gasteiger charge is -2.29. The predicted octanol–water partition coefficient (Wildman–Crippen LogP) is 0.890. The molecule has 0 radical (unpaired) electrons. The van der Waals surface area contributed by atoms with Crippen LogP contribution in [0.2, 0.25) is 0 Å². The van der Waals surface area contributed by atoms with Crippen molar-refractivity contribution in [2.75, 3.05) is 19.6 Å². The Morgan fingerprint density at radius 1 is 1.18 bits per heavy atom. The third kappa shape index (κ3) is 4.82. The van der Waals surface area contributed by atoms with Gasteiger partial charge in [0.05, 0.1) is 6.54 Å². The average Bonchev–Trinajstić information content (AvgIpc) is 2.74. The maximum atomic E-state index is 11.8. The van der Waals surface area contributed by atoms with Gasteiger partial charge in [-0.2, -0.15) is 0 Å². The molecule has 1 heterocycles. The number of nitrogens with one attached hydrogen (secondary N) is 1. The molecule has 2 fully saturated rings. The standard InChI is InChI=1S/C12H23N3O.ClH/c13-10-5-7-15(8-6-10)9-12(16)14-11-3-1-2-4-11;/h10-11H,1-9,13H2,(H,14,16);1H. The number of nitrogens with two attached hydrogens (primary N) is 1. The number of nitrogens with zero attached hydrogens (tertiary/aromatic N) is 1. The van der Waals surface area contributed by atoms with Crippen molar-refractivity contribution in [2.45, 2.75) is 50.6 Å². The Balaban J connectivity index is 0.00000144. The second-order valence-corrected chi connectivity index (χ2v) is 5.16. The molecule has 100 valence electrons. The Bertz CT molecular complexity index is 236. The van der Waals surface area contributed by atoms with Gasteiger partial charge in [-0.05, 0) is 25.7 Å². The van der Waals surface area contributed by atoms with E-state index < -0.39 is 0 Å². The molecule has 1 aliphatic carbocycles. The normalized spacial score (nSPS) is 23.4. The van der Waals surface area contributed by atoms with Gasteiger partial charge in [-0.15, -0.1) is 12.4 Å². The second-order valence-electron chi connectivity index (χ2n) is 5.16. The van der Waals surface area contributed by atoms with Crippen LogP contribution in [0.15, 0.2) is 0 Å². The van der Waals surface area contributed by atoms with Crippen LogP contribution in [0.4, 0.5) is 0 Å². The van der Waals surface area contributed by atoms with Crippen molar-refractivity contribution in [1.82, 2.24) is 10.2 Å². The van der Waals surface area contributed by atoms with E-state index >= 15 is 0 Å². The molecular weight excluding hydrogens is 238 g/mol. The van der Waals surface area contributed by atoms with Crippen LogP contribution in [0, 0.1) is 0 Å². The van der Waals surface area contributed by atoms with E-state index in [4.69, 9.17) is 5.73 Å². The molecule has 0 atom stereocenters. The first-order valence-electron chi connectivity index (χ1n) is 6.51. The van der Waals surface area contributed by atoms with Crippen LogP contribution in [0.5, 0.6) is 0 Å². The molecule has 1 saturated heterocycles. The van der Waals surface area contributed by atoms with Gasteiger partial charge < -0.3 is 11.1 Å². The molecule has 0 bridgehead atoms. The summed E-state index contributed by atoms with van der Waals surface area (Å²) in [4.78, 5) is 14.0. The topological polar surface area (TPSA) is 58.4 Å². The van der Waals surface area contributed by atoms with Gasteiger partial charge >= 0.3 is 0 Å². The van der Waals surface area contributed by atoms with Gasteiger partial charge in [0.15, 0.2) is 0 Å². The number of rotatable bonds is 3. The van der Waals surface area contributed by atoms with Crippen LogP contribution in [0.25, 0.3) is 0 Å². The highest BCUT2D eigenvalue weighted by atomic mass is 35.5. The Labute approximate surface area is 110 Å². The summed E-state index contributed by atoms with van der Waals surface area (Å²) in [5, 5.41) is 3.13. The minimum Gasteiger partial charge on any atom is -0.352 e. The number of hydrogen-bond acceptors (Lipinski definition) is 3. The molecule has 0 aromatic carbocycles. The summed E-state index contributed by atoms with van der Waals surface area (Å²) in [7, 11) is 0. The van der Waals surface area contributed by atoms with E-state index in [0.717, 1.165) is 38.8 Å². The summed E-state index contributed by atoms with van der Waals surface area (Å²) in [6.45, 7) is 2.50. The quantitative estimate of drug-likeness (QED) is 0.793. The molecule has 17 heavy (non-hydrogen) atoms. The first-order chi connectivity index (χ1) is 7.74. The van der Waals surface area contributed by atoms with Gasteiger partial charge in [-0.25, -0.2) is 0 Å². The van der Waals surface area contributed by atoms with E-state index in [1.54, 1.807) is 0 Å². The Kier molecular flexibility index (Phi) is 6.23. The Morgan fingerprint density at radius 2 is 1.76 bits per heavy atom. The number of carbonyl (C=O) groups excluding carboxylic acids is 1. The number of hydrogen-bond donors (Lipinski definition) is 2. The van der Waals surface area contributed by atoms with Gasteiger partial charge in [0.1, 0.15) is 0 Å². The van der Waals surface area contributed by atoms with Crippen LogP contribution < -0.4 is 11.1 Å². The molecule has 0 aromatic heterocycles. The average molecular weight is 262 g/mol. The van der Waals surface area contributed by atoms with E-state index in [2.05, 4.69) is 10.2 Å². The number of piperidine rings is 1. The summed E-state index contributed by atoms with van der Waals surface area (Å²) in [6, 6.07) is 0.786. The largest absolute Gasteiger partial charge is 0.352 e. The van der Waals surface area contributed by atoms with Gasteiger partial charge in [0.2, 0.25) is 5.91 Å². The summed E-state index contributed by atoms with van der Waals surface area (Å²) in [5.74, 6) is 0.197. The molecule has 1 aliphatic heterocycles. The van der Waals surface area contributed by atoms with E-state index in [9.17, 15) is 4.79 Å². The van der Waals surface area contributed by atoms with Crippen molar-refractivity contribution in [1.29, 1.82) is 0 Å². The van der Waals surface area contributed by atoms with Gasteiger partial charge in [0, 0.05) is 25.2 Å². The molecule has 0 aromatic rings. The van der Waals surface area contributed by atoms with Crippen LogP contribution in [-0.4, -0.2) is 42.5 Å². The minimum atomic E-state index is 0. The molecule has 2 rings (SSSR count). The van der Waals surface area contributed by atoms with Gasteiger partial charge in [-0.3, -0.25) is 9.69 Å². The maximum Gasteiger partial charge on any atom is 0.234 e. The monoisotopic (exact) mass is 261 g/mol. The number of halogens is 1. The molecule has 0 unspecified atom stereocenters. The molecule has 1 amide bonds. The number of amides is 1. The fourth-order valence-corrected chi connectivity index (χ4v) is 2.66. The van der Waals surface area contributed by atoms with Crippen LogP contribution >= 0.6 is 12.4 Å². The summed E-state index contributed by atoms with van der Waals surface area (Å²) in [6.07, 6.45) is 6.91.